The summed E-state index contributed by atoms with van der Waals surface area (Å²) in [7, 11) is 0. The van der Waals surface area contributed by atoms with E-state index in [2.05, 4.69) is 20.2 Å². The summed E-state index contributed by atoms with van der Waals surface area (Å²) in [6.07, 6.45) is 1.45. The molecule has 19 heavy (non-hydrogen) atoms. The highest BCUT2D eigenvalue weighted by molar-refractivity contribution is 6.28. The largest absolute Gasteiger partial charge is 0.368 e. The standard InChI is InChI=1S/C9H10ClN7O2/c10-9-14-7-4(1-13-16-7)8(15-9)17(2-5(11)18)3-6(12)19/h1H,2-3H2,(H2,11,18)(H2,12,19)(H,13,14,15,16). The fraction of sp³-hybridized carbons (Fsp3) is 0.222. The number of rotatable bonds is 5. The van der Waals surface area contributed by atoms with Gasteiger partial charge in [-0.3, -0.25) is 14.7 Å². The maximum absolute atomic E-state index is 11.1. The number of aromatic nitrogens is 4. The number of nitrogens with zero attached hydrogens (tertiary/aromatic N) is 4. The van der Waals surface area contributed by atoms with Crippen LogP contribution in [-0.4, -0.2) is 45.1 Å². The number of nitrogens with one attached hydrogen (secondary N) is 1. The van der Waals surface area contributed by atoms with Crippen LogP contribution in [0, 0.1) is 0 Å². The predicted octanol–water partition coefficient (Wildman–Crippen LogP) is -1.22. The van der Waals surface area contributed by atoms with Gasteiger partial charge in [-0.25, -0.2) is 0 Å². The Labute approximate surface area is 111 Å². The minimum Gasteiger partial charge on any atom is -0.368 e. The van der Waals surface area contributed by atoms with Crippen molar-refractivity contribution < 1.29 is 9.59 Å². The summed E-state index contributed by atoms with van der Waals surface area (Å²) in [5.74, 6) is -0.999. The van der Waals surface area contributed by atoms with Crippen LogP contribution in [0.3, 0.4) is 0 Å². The molecule has 2 heterocycles. The SMILES string of the molecule is NC(=O)CN(CC(N)=O)c1nc(Cl)nc2[nH]ncc12. The summed E-state index contributed by atoms with van der Waals surface area (Å²) in [5.41, 5.74) is 10.6. The normalized spacial score (nSPS) is 10.6. The first-order chi connectivity index (χ1) is 8.97. The topological polar surface area (TPSA) is 144 Å². The van der Waals surface area contributed by atoms with Crippen LogP contribution in [0.2, 0.25) is 5.28 Å². The van der Waals surface area contributed by atoms with Crippen molar-refractivity contribution in [2.24, 2.45) is 11.5 Å². The van der Waals surface area contributed by atoms with E-state index in [-0.39, 0.29) is 24.2 Å². The molecule has 0 aliphatic heterocycles. The van der Waals surface area contributed by atoms with Crippen molar-refractivity contribution in [3.63, 3.8) is 0 Å². The zero-order valence-corrected chi connectivity index (χ0v) is 10.4. The molecule has 9 nitrogen and oxygen atoms in total. The van der Waals surface area contributed by atoms with Gasteiger partial charge in [0.25, 0.3) is 0 Å². The summed E-state index contributed by atoms with van der Waals surface area (Å²) in [5, 5.41) is 6.87. The van der Waals surface area contributed by atoms with Crippen molar-refractivity contribution in [3.8, 4) is 0 Å². The maximum Gasteiger partial charge on any atom is 0.237 e. The summed E-state index contributed by atoms with van der Waals surface area (Å²) < 4.78 is 0. The third-order valence-corrected chi connectivity index (χ3v) is 2.42. The first-order valence-corrected chi connectivity index (χ1v) is 5.53. The third kappa shape index (κ3) is 2.88. The number of hydrogen-bond donors (Lipinski definition) is 3. The van der Waals surface area contributed by atoms with Crippen molar-refractivity contribution in [1.29, 1.82) is 0 Å². The Bertz CT molecular complexity index is 625. The first-order valence-electron chi connectivity index (χ1n) is 5.15. The molecule has 2 aromatic rings. The lowest BCUT2D eigenvalue weighted by molar-refractivity contribution is -0.117. The molecule has 0 unspecified atom stereocenters. The summed E-state index contributed by atoms with van der Waals surface area (Å²) >= 11 is 5.77. The van der Waals surface area contributed by atoms with Gasteiger partial charge in [-0.05, 0) is 11.6 Å². The van der Waals surface area contributed by atoms with Gasteiger partial charge < -0.3 is 16.4 Å². The Morgan fingerprint density at radius 3 is 2.47 bits per heavy atom. The first kappa shape index (κ1) is 13.0. The van der Waals surface area contributed by atoms with Crippen LogP contribution < -0.4 is 16.4 Å². The van der Waals surface area contributed by atoms with E-state index in [9.17, 15) is 9.59 Å². The molecule has 0 bridgehead atoms. The van der Waals surface area contributed by atoms with Crippen LogP contribution >= 0.6 is 11.6 Å². The second kappa shape index (κ2) is 5.06. The maximum atomic E-state index is 11.1. The summed E-state index contributed by atoms with van der Waals surface area (Å²) in [6.45, 7) is -0.451. The Balaban J connectivity index is 2.50. The quantitative estimate of drug-likeness (QED) is 0.587. The number of fused-ring (bicyclic) bond motifs is 1. The third-order valence-electron chi connectivity index (χ3n) is 2.26. The van der Waals surface area contributed by atoms with E-state index >= 15 is 0 Å². The molecule has 5 N–H and O–H groups in total. The molecule has 0 saturated carbocycles. The van der Waals surface area contributed by atoms with Crippen LogP contribution in [0.4, 0.5) is 5.82 Å². The lowest BCUT2D eigenvalue weighted by atomic mass is 10.3. The second-order valence-electron chi connectivity index (χ2n) is 3.74. The second-order valence-corrected chi connectivity index (χ2v) is 4.08. The average Bonchev–Trinajstić information content (AvgIpc) is 2.73. The molecule has 0 atom stereocenters. The van der Waals surface area contributed by atoms with Gasteiger partial charge in [-0.2, -0.15) is 15.1 Å². The summed E-state index contributed by atoms with van der Waals surface area (Å²) in [6, 6.07) is 0. The van der Waals surface area contributed by atoms with Gasteiger partial charge >= 0.3 is 0 Å². The number of aromatic amines is 1. The van der Waals surface area contributed by atoms with Crippen molar-refractivity contribution >= 4 is 40.3 Å². The average molecular weight is 284 g/mol. The van der Waals surface area contributed by atoms with Crippen LogP contribution in [0.25, 0.3) is 11.0 Å². The number of carbonyl (C=O) groups is 2. The van der Waals surface area contributed by atoms with E-state index in [4.69, 9.17) is 23.1 Å². The highest BCUT2D eigenvalue weighted by Gasteiger charge is 2.18. The Morgan fingerprint density at radius 1 is 1.26 bits per heavy atom. The van der Waals surface area contributed by atoms with Gasteiger partial charge in [-0.15, -0.1) is 0 Å². The number of halogens is 1. The molecule has 10 heteroatoms. The Kier molecular flexibility index (Phi) is 3.47. The number of anilines is 1. The molecule has 2 rings (SSSR count). The van der Waals surface area contributed by atoms with Crippen LogP contribution in [0.1, 0.15) is 0 Å². The number of H-pyrrole nitrogens is 1. The molecule has 2 amide bonds. The van der Waals surface area contributed by atoms with E-state index in [1.54, 1.807) is 0 Å². The van der Waals surface area contributed by atoms with E-state index in [0.717, 1.165) is 0 Å². The molecule has 0 saturated heterocycles. The van der Waals surface area contributed by atoms with Crippen LogP contribution in [-0.2, 0) is 9.59 Å². The zero-order chi connectivity index (χ0) is 14.0. The number of primary amides is 2. The highest BCUT2D eigenvalue weighted by Crippen LogP contribution is 2.23. The molecular formula is C9H10ClN7O2. The van der Waals surface area contributed by atoms with Crippen molar-refractivity contribution in [2.75, 3.05) is 18.0 Å². The van der Waals surface area contributed by atoms with E-state index in [1.807, 2.05) is 0 Å². The number of amides is 2. The van der Waals surface area contributed by atoms with Crippen molar-refractivity contribution in [2.45, 2.75) is 0 Å². The van der Waals surface area contributed by atoms with Gasteiger partial charge in [0.2, 0.25) is 17.1 Å². The van der Waals surface area contributed by atoms with E-state index in [1.165, 1.54) is 11.1 Å². The van der Waals surface area contributed by atoms with Crippen molar-refractivity contribution in [3.05, 3.63) is 11.5 Å². The summed E-state index contributed by atoms with van der Waals surface area (Å²) in [4.78, 5) is 31.3. The molecule has 0 radical (unpaired) electrons. The van der Waals surface area contributed by atoms with Gasteiger partial charge in [0.15, 0.2) is 5.65 Å². The molecule has 2 aromatic heterocycles. The van der Waals surface area contributed by atoms with Gasteiger partial charge in [-0.1, -0.05) is 0 Å². The molecule has 0 fully saturated rings. The predicted molar refractivity (Wildman–Crippen MR) is 67.3 cm³/mol. The zero-order valence-electron chi connectivity index (χ0n) is 9.63. The minimum absolute atomic E-state index is 0.0503. The molecule has 0 aliphatic rings. The minimum atomic E-state index is -0.632. The molecule has 100 valence electrons. The van der Waals surface area contributed by atoms with E-state index < -0.39 is 11.8 Å². The lowest BCUT2D eigenvalue weighted by Crippen LogP contribution is -2.40. The Hall–Kier alpha value is -2.42. The van der Waals surface area contributed by atoms with Gasteiger partial charge in [0.1, 0.15) is 5.82 Å². The number of hydrogen-bond acceptors (Lipinski definition) is 6. The molecule has 0 aliphatic carbocycles. The smallest absolute Gasteiger partial charge is 0.237 e. The fourth-order valence-electron chi connectivity index (χ4n) is 1.62. The highest BCUT2D eigenvalue weighted by atomic mass is 35.5. The fourth-order valence-corrected chi connectivity index (χ4v) is 1.78. The van der Waals surface area contributed by atoms with Gasteiger partial charge in [0.05, 0.1) is 24.7 Å². The van der Waals surface area contributed by atoms with Crippen LogP contribution in [0.5, 0.6) is 0 Å². The van der Waals surface area contributed by atoms with Crippen molar-refractivity contribution in [1.82, 2.24) is 20.2 Å². The van der Waals surface area contributed by atoms with Crippen LogP contribution in [0.15, 0.2) is 6.20 Å². The molecular weight excluding hydrogens is 274 g/mol. The van der Waals surface area contributed by atoms with Gasteiger partial charge in [0, 0.05) is 0 Å². The Morgan fingerprint density at radius 2 is 1.89 bits per heavy atom. The van der Waals surface area contributed by atoms with E-state index in [0.29, 0.717) is 11.0 Å². The monoisotopic (exact) mass is 283 g/mol. The number of carbonyl (C=O) groups excluding carboxylic acids is 2. The number of nitrogens with two attached hydrogens (primary N) is 2. The molecule has 0 aromatic carbocycles. The lowest BCUT2D eigenvalue weighted by Gasteiger charge is -2.20. The molecule has 0 spiro atoms.